The zero-order valence-electron chi connectivity index (χ0n) is 17.5. The average Bonchev–Trinajstić information content (AvgIpc) is 2.63. The van der Waals surface area contributed by atoms with Gasteiger partial charge in [-0.05, 0) is 12.3 Å². The van der Waals surface area contributed by atoms with Crippen LogP contribution in [0.25, 0.3) is 0 Å². The third kappa shape index (κ3) is 17.8. The quantitative estimate of drug-likeness (QED) is 0.144. The van der Waals surface area contributed by atoms with Gasteiger partial charge in [-0.1, -0.05) is 103 Å². The van der Waals surface area contributed by atoms with Gasteiger partial charge < -0.3 is 10.2 Å². The van der Waals surface area contributed by atoms with Crippen molar-refractivity contribution >= 4 is 41.5 Å². The number of carboxylic acid groups (broad SMARTS) is 2. The van der Waals surface area contributed by atoms with Crippen LogP contribution in [0.15, 0.2) is 12.7 Å². The molecule has 0 aliphatic heterocycles. The minimum absolute atomic E-state index is 0. The van der Waals surface area contributed by atoms with Gasteiger partial charge in [-0.25, -0.2) is 0 Å². The van der Waals surface area contributed by atoms with Crippen molar-refractivity contribution in [2.24, 2.45) is 11.8 Å². The fourth-order valence-corrected chi connectivity index (χ4v) is 3.67. The maximum atomic E-state index is 11.3. The van der Waals surface area contributed by atoms with Crippen LogP contribution in [0.1, 0.15) is 110 Å². The Morgan fingerprint density at radius 3 is 1.50 bits per heavy atom. The fraction of sp³-hybridized carbons (Fsp3) is 0.826. The van der Waals surface area contributed by atoms with Gasteiger partial charge in [-0.2, -0.15) is 0 Å². The van der Waals surface area contributed by atoms with Crippen molar-refractivity contribution in [1.82, 2.24) is 0 Å². The minimum atomic E-state index is -1.06. The molecular formula is C23H43NaO4. The van der Waals surface area contributed by atoms with Gasteiger partial charge in [-0.15, -0.1) is 6.58 Å². The molecule has 2 atom stereocenters. The molecule has 28 heavy (non-hydrogen) atoms. The first-order valence-electron chi connectivity index (χ1n) is 11.1. The summed E-state index contributed by atoms with van der Waals surface area (Å²) in [4.78, 5) is 22.1. The summed E-state index contributed by atoms with van der Waals surface area (Å²) in [6.45, 7) is 5.95. The van der Waals surface area contributed by atoms with E-state index in [-0.39, 0.29) is 41.9 Å². The Labute approximate surface area is 194 Å². The molecule has 0 aromatic rings. The molecule has 0 saturated carbocycles. The van der Waals surface area contributed by atoms with E-state index in [4.69, 9.17) is 5.11 Å². The van der Waals surface area contributed by atoms with Gasteiger partial charge in [0.05, 0.1) is 12.3 Å². The van der Waals surface area contributed by atoms with Crippen molar-refractivity contribution in [3.05, 3.63) is 12.7 Å². The molecule has 5 heteroatoms. The number of hydrogen-bond acceptors (Lipinski definition) is 2. The van der Waals surface area contributed by atoms with E-state index < -0.39 is 17.9 Å². The molecule has 2 N–H and O–H groups in total. The van der Waals surface area contributed by atoms with Crippen LogP contribution in [0, 0.1) is 11.8 Å². The van der Waals surface area contributed by atoms with Crippen molar-refractivity contribution in [2.75, 3.05) is 0 Å². The van der Waals surface area contributed by atoms with E-state index in [1.807, 2.05) is 0 Å². The third-order valence-electron chi connectivity index (χ3n) is 5.42. The molecule has 0 aromatic carbocycles. The molecule has 0 bridgehead atoms. The molecule has 160 valence electrons. The predicted molar refractivity (Wildman–Crippen MR) is 119 cm³/mol. The van der Waals surface area contributed by atoms with E-state index in [0.29, 0.717) is 6.42 Å². The van der Waals surface area contributed by atoms with Gasteiger partial charge in [0.15, 0.2) is 0 Å². The molecule has 0 saturated heterocycles. The zero-order valence-corrected chi connectivity index (χ0v) is 17.5. The van der Waals surface area contributed by atoms with Crippen LogP contribution < -0.4 is 0 Å². The SMILES string of the molecule is C=CC(CCCCCCCCCCCCCCCC)C(CC(=O)O)C(=O)O.[NaH]. The van der Waals surface area contributed by atoms with E-state index in [1.165, 1.54) is 77.0 Å². The summed E-state index contributed by atoms with van der Waals surface area (Å²) in [7, 11) is 0. The standard InChI is InChI=1S/C23H42O4.Na.H/c1-3-5-6-7-8-9-10-11-12-13-14-15-16-17-18-20(4-2)21(23(26)27)19-22(24)25;;/h4,20-21H,2-3,5-19H2,1H3,(H,24,25)(H,26,27);;. The van der Waals surface area contributed by atoms with E-state index in [2.05, 4.69) is 13.5 Å². The Kier molecular flexibility index (Phi) is 22.8. The summed E-state index contributed by atoms with van der Waals surface area (Å²) in [5, 5.41) is 18.1. The molecule has 0 aliphatic rings. The van der Waals surface area contributed by atoms with Crippen molar-refractivity contribution < 1.29 is 19.8 Å². The van der Waals surface area contributed by atoms with Crippen molar-refractivity contribution in [3.8, 4) is 0 Å². The number of carbonyl (C=O) groups is 2. The predicted octanol–water partition coefficient (Wildman–Crippen LogP) is 6.19. The molecule has 0 fully saturated rings. The molecule has 0 aromatic heterocycles. The van der Waals surface area contributed by atoms with Gasteiger partial charge >= 0.3 is 41.5 Å². The third-order valence-corrected chi connectivity index (χ3v) is 5.42. The van der Waals surface area contributed by atoms with Gasteiger partial charge in [0, 0.05) is 0 Å². The Balaban J connectivity index is 0. The molecular weight excluding hydrogens is 363 g/mol. The second-order valence-corrected chi connectivity index (χ2v) is 7.83. The normalized spacial score (nSPS) is 12.8. The van der Waals surface area contributed by atoms with Gasteiger partial charge in [0.25, 0.3) is 0 Å². The fourth-order valence-electron chi connectivity index (χ4n) is 3.67. The van der Waals surface area contributed by atoms with Crippen molar-refractivity contribution in [2.45, 2.75) is 110 Å². The van der Waals surface area contributed by atoms with Crippen molar-refractivity contribution in [1.29, 1.82) is 0 Å². The molecule has 0 radical (unpaired) electrons. The number of carboxylic acids is 2. The Hall–Kier alpha value is -0.320. The summed E-state index contributed by atoms with van der Waals surface area (Å²) in [6, 6.07) is 0. The molecule has 0 heterocycles. The number of allylic oxidation sites excluding steroid dienone is 1. The Morgan fingerprint density at radius 1 is 0.786 bits per heavy atom. The van der Waals surface area contributed by atoms with Gasteiger partial charge in [0.2, 0.25) is 0 Å². The second-order valence-electron chi connectivity index (χ2n) is 7.83. The topological polar surface area (TPSA) is 74.6 Å². The Morgan fingerprint density at radius 2 is 1.18 bits per heavy atom. The summed E-state index contributed by atoms with van der Waals surface area (Å²) in [6.07, 6.45) is 20.0. The van der Waals surface area contributed by atoms with Crippen LogP contribution in [-0.4, -0.2) is 51.7 Å². The maximum absolute atomic E-state index is 11.3. The monoisotopic (exact) mass is 406 g/mol. The second kappa shape index (κ2) is 21.4. The van der Waals surface area contributed by atoms with Crippen LogP contribution in [0.2, 0.25) is 0 Å². The van der Waals surface area contributed by atoms with Crippen molar-refractivity contribution in [3.63, 3.8) is 0 Å². The summed E-state index contributed by atoms with van der Waals surface area (Å²) < 4.78 is 0. The molecule has 0 aliphatic carbocycles. The first-order chi connectivity index (χ1) is 13.0. The first kappa shape index (κ1) is 29.9. The molecule has 0 amide bonds. The molecule has 0 rings (SSSR count). The van der Waals surface area contributed by atoms with Gasteiger partial charge in [0.1, 0.15) is 0 Å². The number of unbranched alkanes of at least 4 members (excludes halogenated alkanes) is 13. The van der Waals surface area contributed by atoms with Gasteiger partial charge in [-0.3, -0.25) is 9.59 Å². The van der Waals surface area contributed by atoms with E-state index in [1.54, 1.807) is 6.08 Å². The summed E-state index contributed by atoms with van der Waals surface area (Å²) in [5.41, 5.74) is 0. The molecule has 0 spiro atoms. The van der Waals surface area contributed by atoms with E-state index in [9.17, 15) is 14.7 Å². The van der Waals surface area contributed by atoms with Crippen LogP contribution in [0.3, 0.4) is 0 Å². The Bertz CT molecular complexity index is 398. The molecule has 4 nitrogen and oxygen atoms in total. The van der Waals surface area contributed by atoms with E-state index in [0.717, 1.165) is 12.8 Å². The number of rotatable bonds is 20. The number of aliphatic carboxylic acids is 2. The average molecular weight is 407 g/mol. The molecule has 2 unspecified atom stereocenters. The first-order valence-corrected chi connectivity index (χ1v) is 11.1. The zero-order chi connectivity index (χ0) is 20.3. The van der Waals surface area contributed by atoms with Crippen LogP contribution in [-0.2, 0) is 9.59 Å². The van der Waals surface area contributed by atoms with E-state index >= 15 is 0 Å². The van der Waals surface area contributed by atoms with Crippen LogP contribution in [0.5, 0.6) is 0 Å². The van der Waals surface area contributed by atoms with Crippen LogP contribution in [0.4, 0.5) is 0 Å². The summed E-state index contributed by atoms with van der Waals surface area (Å²) >= 11 is 0. The number of hydrogen-bond donors (Lipinski definition) is 2. The van der Waals surface area contributed by atoms with Crippen LogP contribution >= 0.6 is 0 Å². The summed E-state index contributed by atoms with van der Waals surface area (Å²) in [5.74, 6) is -3.21.